The molecule has 0 bridgehead atoms. The average molecular weight is 379 g/mol. The van der Waals surface area contributed by atoms with Crippen LogP contribution in [0.1, 0.15) is 31.0 Å². The van der Waals surface area contributed by atoms with Crippen LogP contribution in [0.2, 0.25) is 0 Å². The standard InChI is InChI=1S/C20H21N5O3/c1-12-17(19(27)22-11-14-4-3-9-21-10-14)18(25-20(28)23-12)15-5-7-16(8-6-15)24-13(2)26/h3-10,18H,11H2,1-2H3,(H,22,27)(H,24,26)(H2,23,25,28)/t18-/m0/s1. The summed E-state index contributed by atoms with van der Waals surface area (Å²) in [4.78, 5) is 40.0. The van der Waals surface area contributed by atoms with Gasteiger partial charge >= 0.3 is 6.03 Å². The predicted octanol–water partition coefficient (Wildman–Crippen LogP) is 1.98. The minimum Gasteiger partial charge on any atom is -0.348 e. The van der Waals surface area contributed by atoms with Gasteiger partial charge < -0.3 is 21.3 Å². The van der Waals surface area contributed by atoms with Crippen molar-refractivity contribution >= 4 is 23.5 Å². The van der Waals surface area contributed by atoms with Crippen LogP contribution in [0, 0.1) is 0 Å². The number of hydrogen-bond acceptors (Lipinski definition) is 4. The summed E-state index contributed by atoms with van der Waals surface area (Å²) >= 11 is 0. The van der Waals surface area contributed by atoms with Crippen molar-refractivity contribution in [1.82, 2.24) is 20.9 Å². The lowest BCUT2D eigenvalue weighted by Gasteiger charge is -2.28. The highest BCUT2D eigenvalue weighted by atomic mass is 16.2. The summed E-state index contributed by atoms with van der Waals surface area (Å²) in [5, 5.41) is 11.0. The number of aromatic nitrogens is 1. The van der Waals surface area contributed by atoms with Crippen molar-refractivity contribution in [3.05, 3.63) is 71.2 Å². The van der Waals surface area contributed by atoms with Gasteiger partial charge in [-0.3, -0.25) is 14.6 Å². The van der Waals surface area contributed by atoms with Crippen LogP contribution in [-0.4, -0.2) is 22.8 Å². The highest BCUT2D eigenvalue weighted by Crippen LogP contribution is 2.27. The van der Waals surface area contributed by atoms with Crippen LogP contribution >= 0.6 is 0 Å². The van der Waals surface area contributed by atoms with Crippen LogP contribution < -0.4 is 21.3 Å². The molecule has 1 atom stereocenters. The lowest BCUT2D eigenvalue weighted by atomic mass is 9.94. The van der Waals surface area contributed by atoms with Crippen LogP contribution in [0.15, 0.2) is 60.1 Å². The van der Waals surface area contributed by atoms with Crippen molar-refractivity contribution in [2.75, 3.05) is 5.32 Å². The van der Waals surface area contributed by atoms with Gasteiger partial charge in [-0.25, -0.2) is 4.79 Å². The van der Waals surface area contributed by atoms with Crippen molar-refractivity contribution in [3.8, 4) is 0 Å². The molecular formula is C20H21N5O3. The number of allylic oxidation sites excluding steroid dienone is 1. The summed E-state index contributed by atoms with van der Waals surface area (Å²) in [5.74, 6) is -0.459. The number of benzene rings is 1. The molecule has 2 heterocycles. The van der Waals surface area contributed by atoms with Crippen molar-refractivity contribution in [2.24, 2.45) is 0 Å². The number of nitrogens with zero attached hydrogens (tertiary/aromatic N) is 1. The quantitative estimate of drug-likeness (QED) is 0.636. The third-order valence-corrected chi connectivity index (χ3v) is 4.25. The normalized spacial score (nSPS) is 16.1. The fraction of sp³-hybridized carbons (Fsp3) is 0.200. The van der Waals surface area contributed by atoms with Crippen molar-refractivity contribution in [1.29, 1.82) is 0 Å². The Morgan fingerprint density at radius 1 is 1.18 bits per heavy atom. The van der Waals surface area contributed by atoms with Gasteiger partial charge in [0.05, 0.1) is 11.6 Å². The maximum atomic E-state index is 12.8. The third kappa shape index (κ3) is 4.53. The highest BCUT2D eigenvalue weighted by molar-refractivity contribution is 5.98. The molecule has 1 aromatic heterocycles. The Kier molecular flexibility index (Phi) is 5.69. The molecule has 28 heavy (non-hydrogen) atoms. The molecule has 1 aromatic carbocycles. The van der Waals surface area contributed by atoms with Crippen molar-refractivity contribution in [3.63, 3.8) is 0 Å². The number of anilines is 1. The minimum absolute atomic E-state index is 0.172. The van der Waals surface area contributed by atoms with Crippen molar-refractivity contribution in [2.45, 2.75) is 26.4 Å². The van der Waals surface area contributed by atoms with E-state index >= 15 is 0 Å². The molecule has 2 aromatic rings. The molecule has 0 saturated carbocycles. The average Bonchev–Trinajstić information content (AvgIpc) is 2.66. The summed E-state index contributed by atoms with van der Waals surface area (Å²) in [5.41, 5.74) is 3.16. The first-order valence-corrected chi connectivity index (χ1v) is 8.77. The van der Waals surface area contributed by atoms with E-state index in [1.807, 2.05) is 6.07 Å². The van der Waals surface area contributed by atoms with Gasteiger partial charge in [-0.15, -0.1) is 0 Å². The van der Waals surface area contributed by atoms with E-state index in [0.717, 1.165) is 11.1 Å². The fourth-order valence-corrected chi connectivity index (χ4v) is 2.99. The van der Waals surface area contributed by atoms with E-state index in [1.165, 1.54) is 6.92 Å². The zero-order valence-electron chi connectivity index (χ0n) is 15.6. The Bertz CT molecular complexity index is 923. The second kappa shape index (κ2) is 8.34. The molecule has 4 N–H and O–H groups in total. The number of carbonyl (C=O) groups excluding carboxylic acids is 3. The molecule has 1 aliphatic heterocycles. The largest absolute Gasteiger partial charge is 0.348 e. The molecule has 1 aliphatic rings. The molecule has 144 valence electrons. The summed E-state index contributed by atoms with van der Waals surface area (Å²) in [6.45, 7) is 3.44. The van der Waals surface area contributed by atoms with Gasteiger partial charge in [0.15, 0.2) is 0 Å². The van der Waals surface area contributed by atoms with Crippen LogP contribution in [0.5, 0.6) is 0 Å². The highest BCUT2D eigenvalue weighted by Gasteiger charge is 2.31. The number of nitrogens with one attached hydrogen (secondary N) is 4. The Morgan fingerprint density at radius 3 is 2.57 bits per heavy atom. The first-order chi connectivity index (χ1) is 13.4. The second-order valence-electron chi connectivity index (χ2n) is 6.42. The Balaban J connectivity index is 1.81. The van der Waals surface area contributed by atoms with E-state index in [4.69, 9.17) is 0 Å². The Hall–Kier alpha value is -3.68. The maximum Gasteiger partial charge on any atom is 0.319 e. The van der Waals surface area contributed by atoms with E-state index in [0.29, 0.717) is 23.5 Å². The van der Waals surface area contributed by atoms with E-state index in [2.05, 4.69) is 26.3 Å². The number of pyridine rings is 1. The maximum absolute atomic E-state index is 12.8. The summed E-state index contributed by atoms with van der Waals surface area (Å²) in [6.07, 6.45) is 3.35. The van der Waals surface area contributed by atoms with Gasteiger partial charge in [0.1, 0.15) is 0 Å². The fourth-order valence-electron chi connectivity index (χ4n) is 2.99. The van der Waals surface area contributed by atoms with Gasteiger partial charge in [-0.2, -0.15) is 0 Å². The second-order valence-corrected chi connectivity index (χ2v) is 6.42. The zero-order valence-corrected chi connectivity index (χ0v) is 15.6. The molecule has 8 nitrogen and oxygen atoms in total. The molecule has 0 saturated heterocycles. The molecule has 8 heteroatoms. The van der Waals surface area contributed by atoms with Gasteiger partial charge in [0, 0.05) is 37.2 Å². The summed E-state index contributed by atoms with van der Waals surface area (Å²) in [7, 11) is 0. The molecule has 0 unspecified atom stereocenters. The Morgan fingerprint density at radius 2 is 1.93 bits per heavy atom. The topological polar surface area (TPSA) is 112 Å². The molecule has 3 rings (SSSR count). The van der Waals surface area contributed by atoms with E-state index in [1.54, 1.807) is 49.6 Å². The van der Waals surface area contributed by atoms with Crippen LogP contribution in [0.4, 0.5) is 10.5 Å². The first kappa shape index (κ1) is 19.1. The molecular weight excluding hydrogens is 358 g/mol. The Labute approximate surface area is 162 Å². The lowest BCUT2D eigenvalue weighted by molar-refractivity contribution is -0.118. The smallest absolute Gasteiger partial charge is 0.319 e. The predicted molar refractivity (Wildman–Crippen MR) is 104 cm³/mol. The lowest BCUT2D eigenvalue weighted by Crippen LogP contribution is -2.46. The number of amides is 4. The molecule has 0 radical (unpaired) electrons. The minimum atomic E-state index is -0.603. The molecule has 4 amide bonds. The van der Waals surface area contributed by atoms with Crippen LogP contribution in [0.3, 0.4) is 0 Å². The monoisotopic (exact) mass is 379 g/mol. The van der Waals surface area contributed by atoms with E-state index in [9.17, 15) is 14.4 Å². The van der Waals surface area contributed by atoms with Crippen molar-refractivity contribution < 1.29 is 14.4 Å². The number of carbonyl (C=O) groups is 3. The van der Waals surface area contributed by atoms with Gasteiger partial charge in [0.2, 0.25) is 5.91 Å². The zero-order chi connectivity index (χ0) is 20.1. The first-order valence-electron chi connectivity index (χ1n) is 8.77. The third-order valence-electron chi connectivity index (χ3n) is 4.25. The molecule has 0 spiro atoms. The number of urea groups is 1. The number of rotatable bonds is 5. The van der Waals surface area contributed by atoms with Crippen LogP contribution in [-0.2, 0) is 16.1 Å². The summed E-state index contributed by atoms with van der Waals surface area (Å²) in [6, 6.07) is 9.68. The van der Waals surface area contributed by atoms with E-state index < -0.39 is 6.04 Å². The van der Waals surface area contributed by atoms with Crippen LogP contribution in [0.25, 0.3) is 0 Å². The SMILES string of the molecule is CC(=O)Nc1ccc([C@@H]2NC(=O)NC(C)=C2C(=O)NCc2cccnc2)cc1. The van der Waals surface area contributed by atoms with Gasteiger partial charge in [0.25, 0.3) is 5.91 Å². The van der Waals surface area contributed by atoms with Gasteiger partial charge in [-0.1, -0.05) is 18.2 Å². The van der Waals surface area contributed by atoms with Gasteiger partial charge in [-0.05, 0) is 36.2 Å². The molecule has 0 aliphatic carbocycles. The number of hydrogen-bond donors (Lipinski definition) is 4. The summed E-state index contributed by atoms with van der Waals surface area (Å²) < 4.78 is 0. The molecule has 0 fully saturated rings. The van der Waals surface area contributed by atoms with E-state index in [-0.39, 0.29) is 17.8 Å².